The van der Waals surface area contributed by atoms with Crippen LogP contribution in [0.5, 0.6) is 11.5 Å². The van der Waals surface area contributed by atoms with Crippen LogP contribution >= 0.6 is 0 Å². The van der Waals surface area contributed by atoms with Gasteiger partial charge in [-0.1, -0.05) is 43.7 Å². The van der Waals surface area contributed by atoms with E-state index in [1.54, 1.807) is 25.1 Å². The van der Waals surface area contributed by atoms with E-state index in [0.717, 1.165) is 44.1 Å². The van der Waals surface area contributed by atoms with Crippen LogP contribution in [-0.2, 0) is 0 Å². The fourth-order valence-corrected chi connectivity index (χ4v) is 4.99. The summed E-state index contributed by atoms with van der Waals surface area (Å²) in [5.41, 5.74) is 2.30. The molecule has 1 fully saturated rings. The van der Waals surface area contributed by atoms with Crippen molar-refractivity contribution in [3.63, 3.8) is 0 Å². The van der Waals surface area contributed by atoms with Crippen LogP contribution in [0.1, 0.15) is 75.3 Å². The van der Waals surface area contributed by atoms with Crippen molar-refractivity contribution in [3.05, 3.63) is 82.9 Å². The second-order valence-corrected chi connectivity index (χ2v) is 9.33. The molecule has 192 valence electrons. The minimum absolute atomic E-state index is 0.0256. The van der Waals surface area contributed by atoms with Gasteiger partial charge in [0.15, 0.2) is 23.1 Å². The van der Waals surface area contributed by atoms with Crippen molar-refractivity contribution in [3.8, 4) is 22.6 Å². The molecule has 4 rings (SSSR count). The fraction of sp³-hybridized carbons (Fsp3) is 0.400. The van der Waals surface area contributed by atoms with Gasteiger partial charge in [0, 0.05) is 5.56 Å². The highest BCUT2D eigenvalue weighted by molar-refractivity contribution is 5.65. The minimum atomic E-state index is -0.985. The fourth-order valence-electron chi connectivity index (χ4n) is 4.99. The quantitative estimate of drug-likeness (QED) is 0.216. The van der Waals surface area contributed by atoms with Gasteiger partial charge in [0.2, 0.25) is 11.6 Å². The summed E-state index contributed by atoms with van der Waals surface area (Å²) in [7, 11) is 0. The van der Waals surface area contributed by atoms with Gasteiger partial charge < -0.3 is 9.47 Å². The maximum atomic E-state index is 14.8. The van der Waals surface area contributed by atoms with E-state index in [1.165, 1.54) is 18.2 Å². The summed E-state index contributed by atoms with van der Waals surface area (Å²) in [6, 6.07) is 13.6. The van der Waals surface area contributed by atoms with Crippen molar-refractivity contribution >= 4 is 0 Å². The van der Waals surface area contributed by atoms with Crippen LogP contribution in [0.25, 0.3) is 11.1 Å². The van der Waals surface area contributed by atoms with Crippen LogP contribution < -0.4 is 9.47 Å². The molecule has 1 aliphatic rings. The van der Waals surface area contributed by atoms with Crippen molar-refractivity contribution in [2.24, 2.45) is 0 Å². The number of benzene rings is 3. The zero-order chi connectivity index (χ0) is 25.7. The molecule has 2 nitrogen and oxygen atoms in total. The SMILES string of the molecule is CCCCOc1ccc([C@H]2CC[C@H](c3ccc(-c4ccc(OCC)c(F)c4F)cc3)CC2)c(F)c1F. The van der Waals surface area contributed by atoms with E-state index in [4.69, 9.17) is 9.47 Å². The van der Waals surface area contributed by atoms with Gasteiger partial charge in [-0.2, -0.15) is 8.78 Å². The van der Waals surface area contributed by atoms with Crippen molar-refractivity contribution in [2.75, 3.05) is 13.2 Å². The third-order valence-corrected chi connectivity index (χ3v) is 7.04. The average molecular weight is 501 g/mol. The highest BCUT2D eigenvalue weighted by atomic mass is 19.2. The molecule has 3 aromatic carbocycles. The summed E-state index contributed by atoms with van der Waals surface area (Å²) in [6.45, 7) is 4.35. The molecule has 0 aromatic heterocycles. The molecule has 0 spiro atoms. The molecule has 0 saturated heterocycles. The van der Waals surface area contributed by atoms with E-state index in [2.05, 4.69) is 0 Å². The molecule has 0 amide bonds. The van der Waals surface area contributed by atoms with E-state index in [9.17, 15) is 17.6 Å². The van der Waals surface area contributed by atoms with Crippen LogP contribution in [0.4, 0.5) is 17.6 Å². The van der Waals surface area contributed by atoms with E-state index in [-0.39, 0.29) is 35.5 Å². The van der Waals surface area contributed by atoms with Crippen LogP contribution in [0.2, 0.25) is 0 Å². The molecular weight excluding hydrogens is 468 g/mol. The van der Waals surface area contributed by atoms with Gasteiger partial charge in [-0.15, -0.1) is 0 Å². The molecule has 1 saturated carbocycles. The summed E-state index contributed by atoms with van der Waals surface area (Å²) in [5, 5.41) is 0. The van der Waals surface area contributed by atoms with E-state index in [1.807, 2.05) is 19.1 Å². The van der Waals surface area contributed by atoms with Gasteiger partial charge in [-0.25, -0.2) is 8.78 Å². The molecule has 0 atom stereocenters. The number of ether oxygens (including phenoxy) is 2. The van der Waals surface area contributed by atoms with Crippen LogP contribution in [0.15, 0.2) is 48.5 Å². The smallest absolute Gasteiger partial charge is 0.201 e. The Morgan fingerprint density at radius 2 is 1.28 bits per heavy atom. The number of hydrogen-bond donors (Lipinski definition) is 0. The lowest BCUT2D eigenvalue weighted by Gasteiger charge is -2.29. The molecule has 0 radical (unpaired) electrons. The van der Waals surface area contributed by atoms with Gasteiger partial charge in [-0.05, 0) is 85.8 Å². The van der Waals surface area contributed by atoms with Gasteiger partial charge in [-0.3, -0.25) is 0 Å². The molecule has 3 aromatic rings. The largest absolute Gasteiger partial charge is 0.491 e. The number of unbranched alkanes of at least 4 members (excludes halogenated alkanes) is 1. The summed E-state index contributed by atoms with van der Waals surface area (Å²) in [6.07, 6.45) is 4.89. The molecule has 36 heavy (non-hydrogen) atoms. The van der Waals surface area contributed by atoms with E-state index < -0.39 is 23.3 Å². The third kappa shape index (κ3) is 5.53. The van der Waals surface area contributed by atoms with Gasteiger partial charge in [0.1, 0.15) is 0 Å². The second-order valence-electron chi connectivity index (χ2n) is 9.33. The molecule has 0 heterocycles. The average Bonchev–Trinajstić information content (AvgIpc) is 2.90. The maximum absolute atomic E-state index is 14.8. The Morgan fingerprint density at radius 3 is 1.94 bits per heavy atom. The zero-order valence-electron chi connectivity index (χ0n) is 20.8. The highest BCUT2D eigenvalue weighted by Crippen LogP contribution is 2.42. The summed E-state index contributed by atoms with van der Waals surface area (Å²) in [4.78, 5) is 0. The minimum Gasteiger partial charge on any atom is -0.491 e. The molecular formula is C30H32F4O2. The Morgan fingerprint density at radius 1 is 0.667 bits per heavy atom. The first-order valence-electron chi connectivity index (χ1n) is 12.8. The predicted molar refractivity (Wildman–Crippen MR) is 134 cm³/mol. The Bertz CT molecular complexity index is 1170. The standard InChI is InChI=1S/C30H32F4O2/c1-3-5-18-36-26-17-15-24(28(32)30(26)34)22-12-8-20(9-13-22)19-6-10-21(11-7-19)23-14-16-25(35-4-2)29(33)27(23)31/h6-7,10-11,14-17,20,22H,3-5,8-9,12-13,18H2,1-2H3/t20-,22-. The molecule has 0 aliphatic heterocycles. The first-order valence-corrected chi connectivity index (χ1v) is 12.8. The zero-order valence-corrected chi connectivity index (χ0v) is 20.8. The van der Waals surface area contributed by atoms with Crippen molar-refractivity contribution in [2.45, 2.75) is 64.2 Å². The Labute approximate surface area is 210 Å². The topological polar surface area (TPSA) is 18.5 Å². The van der Waals surface area contributed by atoms with Crippen LogP contribution in [-0.4, -0.2) is 13.2 Å². The van der Waals surface area contributed by atoms with E-state index in [0.29, 0.717) is 17.7 Å². The van der Waals surface area contributed by atoms with Crippen molar-refractivity contribution in [1.82, 2.24) is 0 Å². The number of halogens is 4. The lowest BCUT2D eigenvalue weighted by atomic mass is 9.76. The maximum Gasteiger partial charge on any atom is 0.201 e. The molecule has 6 heteroatoms. The van der Waals surface area contributed by atoms with Crippen molar-refractivity contribution in [1.29, 1.82) is 0 Å². The van der Waals surface area contributed by atoms with Crippen LogP contribution in [0, 0.1) is 23.3 Å². The monoisotopic (exact) mass is 500 g/mol. The summed E-state index contributed by atoms with van der Waals surface area (Å²) in [5.74, 6) is -3.50. The van der Waals surface area contributed by atoms with Crippen molar-refractivity contribution < 1.29 is 27.0 Å². The highest BCUT2D eigenvalue weighted by Gasteiger charge is 2.27. The normalized spacial score (nSPS) is 17.7. The van der Waals surface area contributed by atoms with Gasteiger partial charge >= 0.3 is 0 Å². The third-order valence-electron chi connectivity index (χ3n) is 7.04. The second kappa shape index (κ2) is 11.8. The summed E-state index contributed by atoms with van der Waals surface area (Å²) < 4.78 is 68.7. The Hall–Kier alpha value is -3.02. The molecule has 0 bridgehead atoms. The van der Waals surface area contributed by atoms with Crippen LogP contribution in [0.3, 0.4) is 0 Å². The first-order chi connectivity index (χ1) is 17.4. The Kier molecular flexibility index (Phi) is 8.55. The Balaban J connectivity index is 1.41. The van der Waals surface area contributed by atoms with Gasteiger partial charge in [0.05, 0.1) is 13.2 Å². The van der Waals surface area contributed by atoms with E-state index >= 15 is 0 Å². The summed E-state index contributed by atoms with van der Waals surface area (Å²) >= 11 is 0. The predicted octanol–water partition coefficient (Wildman–Crippen LogP) is 8.93. The number of hydrogen-bond acceptors (Lipinski definition) is 2. The van der Waals surface area contributed by atoms with Gasteiger partial charge in [0.25, 0.3) is 0 Å². The molecule has 0 unspecified atom stereocenters. The number of rotatable bonds is 9. The first kappa shape index (κ1) is 26.1. The molecule has 0 N–H and O–H groups in total. The lowest BCUT2D eigenvalue weighted by molar-refractivity contribution is 0.286. The molecule has 1 aliphatic carbocycles. The lowest BCUT2D eigenvalue weighted by Crippen LogP contribution is -2.14.